The van der Waals surface area contributed by atoms with Gasteiger partial charge in [0.1, 0.15) is 0 Å². The van der Waals surface area contributed by atoms with E-state index in [4.69, 9.17) is 4.74 Å². The van der Waals surface area contributed by atoms with Crippen molar-refractivity contribution < 1.29 is 9.53 Å². The Bertz CT molecular complexity index is 263. The average molecular weight is 183 g/mol. The van der Waals surface area contributed by atoms with Gasteiger partial charge in [0, 0.05) is 24.9 Å². The number of thiol groups is 1. The minimum Gasteiger partial charge on any atom is -0.447 e. The van der Waals surface area contributed by atoms with Crippen LogP contribution in [0.3, 0.4) is 0 Å². The molecule has 0 amide bonds. The van der Waals surface area contributed by atoms with Gasteiger partial charge in [0.05, 0.1) is 0 Å². The Kier molecular flexibility index (Phi) is 3.10. The molecule has 0 aromatic carbocycles. The molecule has 0 aliphatic rings. The number of hydrogen-bond donors (Lipinski definition) is 1. The molecule has 3 nitrogen and oxygen atoms in total. The lowest BCUT2D eigenvalue weighted by Crippen LogP contribution is -2.02. The molecule has 1 unspecified atom stereocenters. The summed E-state index contributed by atoms with van der Waals surface area (Å²) in [5.74, 6) is -0.341. The van der Waals surface area contributed by atoms with Crippen LogP contribution in [0.1, 0.15) is 17.9 Å². The molecule has 4 heteroatoms. The fraction of sp³-hybridized carbons (Fsp3) is 0.250. The van der Waals surface area contributed by atoms with Crippen molar-refractivity contribution in [3.05, 3.63) is 30.1 Å². The Balaban J connectivity index is 2.65. The van der Waals surface area contributed by atoms with Crippen molar-refractivity contribution in [1.29, 1.82) is 0 Å². The van der Waals surface area contributed by atoms with Crippen LogP contribution in [0.2, 0.25) is 0 Å². The molecule has 1 aromatic heterocycles. The molecule has 0 aliphatic carbocycles. The Hall–Kier alpha value is -1.03. The number of ether oxygens (including phenoxy) is 1. The number of pyridine rings is 1. The summed E-state index contributed by atoms with van der Waals surface area (Å²) in [7, 11) is 0. The quantitative estimate of drug-likeness (QED) is 0.430. The first-order chi connectivity index (χ1) is 5.70. The van der Waals surface area contributed by atoms with Crippen molar-refractivity contribution in [2.24, 2.45) is 0 Å². The monoisotopic (exact) mass is 183 g/mol. The third kappa shape index (κ3) is 2.54. The van der Waals surface area contributed by atoms with Crippen LogP contribution in [-0.4, -0.2) is 11.0 Å². The highest BCUT2D eigenvalue weighted by molar-refractivity contribution is 7.80. The first kappa shape index (κ1) is 9.06. The van der Waals surface area contributed by atoms with Crippen molar-refractivity contribution in [2.75, 3.05) is 0 Å². The first-order valence-corrected chi connectivity index (χ1v) is 3.97. The zero-order valence-corrected chi connectivity index (χ0v) is 7.49. The van der Waals surface area contributed by atoms with E-state index in [1.54, 1.807) is 24.5 Å². The topological polar surface area (TPSA) is 39.2 Å². The summed E-state index contributed by atoms with van der Waals surface area (Å²) in [5, 5.41) is 0. The van der Waals surface area contributed by atoms with Crippen molar-refractivity contribution in [2.45, 2.75) is 12.4 Å². The van der Waals surface area contributed by atoms with Crippen LogP contribution in [0.4, 0.5) is 0 Å². The number of nitrogens with zero attached hydrogens (tertiary/aromatic N) is 1. The number of aromatic nitrogens is 1. The van der Waals surface area contributed by atoms with E-state index >= 15 is 0 Å². The van der Waals surface area contributed by atoms with E-state index < -0.39 is 5.44 Å². The van der Waals surface area contributed by atoms with E-state index in [1.807, 2.05) is 0 Å². The predicted molar refractivity (Wildman–Crippen MR) is 47.7 cm³/mol. The molecule has 0 radical (unpaired) electrons. The molecule has 0 fully saturated rings. The zero-order chi connectivity index (χ0) is 8.97. The zero-order valence-electron chi connectivity index (χ0n) is 6.60. The maximum Gasteiger partial charge on any atom is 0.304 e. The van der Waals surface area contributed by atoms with Crippen LogP contribution in [-0.2, 0) is 9.53 Å². The molecule has 0 saturated carbocycles. The van der Waals surface area contributed by atoms with Gasteiger partial charge in [-0.05, 0) is 12.1 Å². The second kappa shape index (κ2) is 4.11. The van der Waals surface area contributed by atoms with Crippen molar-refractivity contribution in [1.82, 2.24) is 4.98 Å². The fourth-order valence-electron chi connectivity index (χ4n) is 0.753. The molecule has 1 atom stereocenters. The Labute approximate surface area is 76.2 Å². The lowest BCUT2D eigenvalue weighted by atomic mass is 10.3. The number of rotatable bonds is 2. The van der Waals surface area contributed by atoms with Gasteiger partial charge in [0.15, 0.2) is 5.44 Å². The molecule has 0 bridgehead atoms. The highest BCUT2D eigenvalue weighted by atomic mass is 32.1. The second-order valence-electron chi connectivity index (χ2n) is 2.24. The van der Waals surface area contributed by atoms with Crippen LogP contribution >= 0.6 is 12.6 Å². The normalized spacial score (nSPS) is 12.2. The molecule has 0 N–H and O–H groups in total. The van der Waals surface area contributed by atoms with Crippen molar-refractivity contribution >= 4 is 18.6 Å². The maximum atomic E-state index is 10.5. The largest absolute Gasteiger partial charge is 0.447 e. The van der Waals surface area contributed by atoms with Crippen LogP contribution in [0.25, 0.3) is 0 Å². The number of hydrogen-bond acceptors (Lipinski definition) is 4. The van der Waals surface area contributed by atoms with E-state index in [2.05, 4.69) is 17.6 Å². The van der Waals surface area contributed by atoms with Gasteiger partial charge in [-0.3, -0.25) is 9.78 Å². The SMILES string of the molecule is CC(=O)OC(S)c1ccncc1. The first-order valence-electron chi connectivity index (χ1n) is 3.45. The molecule has 12 heavy (non-hydrogen) atoms. The lowest BCUT2D eigenvalue weighted by molar-refractivity contribution is -0.142. The summed E-state index contributed by atoms with van der Waals surface area (Å²) in [6.07, 6.45) is 3.25. The smallest absolute Gasteiger partial charge is 0.304 e. The Morgan fingerprint density at radius 2 is 2.17 bits per heavy atom. The molecule has 0 spiro atoms. The lowest BCUT2D eigenvalue weighted by Gasteiger charge is -2.09. The van der Waals surface area contributed by atoms with Gasteiger partial charge >= 0.3 is 5.97 Å². The van der Waals surface area contributed by atoms with E-state index in [0.717, 1.165) is 5.56 Å². The number of carbonyl (C=O) groups is 1. The van der Waals surface area contributed by atoms with E-state index in [-0.39, 0.29) is 5.97 Å². The summed E-state index contributed by atoms with van der Waals surface area (Å²) in [5.41, 5.74) is 0.328. The minimum atomic E-state index is -0.495. The number of carbonyl (C=O) groups excluding carboxylic acids is 1. The maximum absolute atomic E-state index is 10.5. The van der Waals surface area contributed by atoms with E-state index in [0.29, 0.717) is 0 Å². The average Bonchev–Trinajstić information content (AvgIpc) is 2.05. The van der Waals surface area contributed by atoms with Gasteiger partial charge < -0.3 is 4.74 Å². The third-order valence-electron chi connectivity index (χ3n) is 1.27. The molecule has 1 heterocycles. The van der Waals surface area contributed by atoms with Crippen molar-refractivity contribution in [3.63, 3.8) is 0 Å². The predicted octanol–water partition coefficient (Wildman–Crippen LogP) is 1.57. The highest BCUT2D eigenvalue weighted by Crippen LogP contribution is 2.19. The van der Waals surface area contributed by atoms with Gasteiger partial charge in [0.25, 0.3) is 0 Å². The van der Waals surface area contributed by atoms with Crippen LogP contribution in [0, 0.1) is 0 Å². The van der Waals surface area contributed by atoms with Crippen LogP contribution in [0.5, 0.6) is 0 Å². The van der Waals surface area contributed by atoms with E-state index in [9.17, 15) is 4.79 Å². The highest BCUT2D eigenvalue weighted by Gasteiger charge is 2.07. The summed E-state index contributed by atoms with van der Waals surface area (Å²) in [4.78, 5) is 14.4. The number of esters is 1. The fourth-order valence-corrected chi connectivity index (χ4v) is 1.07. The third-order valence-corrected chi connectivity index (χ3v) is 1.67. The van der Waals surface area contributed by atoms with E-state index in [1.165, 1.54) is 6.92 Å². The molecular formula is C8H9NO2S. The second-order valence-corrected chi connectivity index (χ2v) is 2.71. The van der Waals surface area contributed by atoms with Gasteiger partial charge in [-0.2, -0.15) is 0 Å². The summed E-state index contributed by atoms with van der Waals surface area (Å²) in [6.45, 7) is 1.35. The summed E-state index contributed by atoms with van der Waals surface area (Å²) >= 11 is 4.09. The molecule has 64 valence electrons. The molecule has 1 rings (SSSR count). The van der Waals surface area contributed by atoms with Crippen LogP contribution in [0.15, 0.2) is 24.5 Å². The summed E-state index contributed by atoms with van der Waals surface area (Å²) < 4.78 is 4.83. The van der Waals surface area contributed by atoms with Gasteiger partial charge in [0.2, 0.25) is 0 Å². The van der Waals surface area contributed by atoms with Crippen LogP contribution < -0.4 is 0 Å². The summed E-state index contributed by atoms with van der Waals surface area (Å²) in [6, 6.07) is 3.50. The Morgan fingerprint density at radius 3 is 2.67 bits per heavy atom. The van der Waals surface area contributed by atoms with Gasteiger partial charge in [-0.1, -0.05) is 0 Å². The Morgan fingerprint density at radius 1 is 1.58 bits per heavy atom. The molecular weight excluding hydrogens is 174 g/mol. The van der Waals surface area contributed by atoms with Crippen molar-refractivity contribution in [3.8, 4) is 0 Å². The molecule has 1 aromatic rings. The standard InChI is InChI=1S/C8H9NO2S/c1-6(10)11-8(12)7-2-4-9-5-3-7/h2-5,8,12H,1H3. The molecule has 0 saturated heterocycles. The van der Waals surface area contributed by atoms with Gasteiger partial charge in [-0.25, -0.2) is 0 Å². The van der Waals surface area contributed by atoms with Gasteiger partial charge in [-0.15, -0.1) is 12.6 Å². The molecule has 0 aliphatic heterocycles. The minimum absolute atomic E-state index is 0.341.